The van der Waals surface area contributed by atoms with Gasteiger partial charge in [-0.25, -0.2) is 0 Å². The summed E-state index contributed by atoms with van der Waals surface area (Å²) >= 11 is 0. The van der Waals surface area contributed by atoms with Crippen molar-refractivity contribution in [1.29, 1.82) is 0 Å². The lowest BCUT2D eigenvalue weighted by atomic mass is 9.96. The maximum Gasteiger partial charge on any atom is 0.433 e. The normalized spacial score (nSPS) is 15.3. The van der Waals surface area contributed by atoms with E-state index in [-0.39, 0.29) is 17.6 Å². The zero-order valence-corrected chi connectivity index (χ0v) is 13.5. The van der Waals surface area contributed by atoms with E-state index in [1.165, 1.54) is 18.4 Å². The first-order valence-electron chi connectivity index (χ1n) is 8.02. The molecule has 4 rings (SSSR count). The zero-order chi connectivity index (χ0) is 18.1. The molecule has 1 fully saturated rings. The maximum atomic E-state index is 12.4. The number of hydrogen-bond acceptors (Lipinski definition) is 8. The van der Waals surface area contributed by atoms with E-state index in [2.05, 4.69) is 10.2 Å². The van der Waals surface area contributed by atoms with E-state index in [0.29, 0.717) is 43.5 Å². The summed E-state index contributed by atoms with van der Waals surface area (Å²) in [6, 6.07) is 5.97. The van der Waals surface area contributed by atoms with Gasteiger partial charge in [0.15, 0.2) is 11.5 Å². The van der Waals surface area contributed by atoms with Crippen LogP contribution >= 0.6 is 0 Å². The summed E-state index contributed by atoms with van der Waals surface area (Å²) in [6.45, 7) is 0.937. The van der Waals surface area contributed by atoms with E-state index < -0.39 is 10.8 Å². The molecule has 0 unspecified atom stereocenters. The average molecular weight is 358 g/mol. The lowest BCUT2D eigenvalue weighted by Gasteiger charge is -2.29. The quantitative estimate of drug-likeness (QED) is 0.514. The summed E-state index contributed by atoms with van der Waals surface area (Å²) in [6.07, 6.45) is 2.82. The fourth-order valence-electron chi connectivity index (χ4n) is 2.93. The molecular weight excluding hydrogens is 344 g/mol. The highest BCUT2D eigenvalue weighted by Crippen LogP contribution is 2.30. The molecule has 3 aromatic rings. The van der Waals surface area contributed by atoms with Crippen molar-refractivity contribution >= 4 is 11.8 Å². The van der Waals surface area contributed by atoms with E-state index in [1.807, 2.05) is 0 Å². The van der Waals surface area contributed by atoms with Gasteiger partial charge in [-0.05, 0) is 31.0 Å². The minimum absolute atomic E-state index is 0.0342. The third-order valence-electron chi connectivity index (χ3n) is 4.29. The van der Waals surface area contributed by atoms with E-state index in [4.69, 9.17) is 13.3 Å². The van der Waals surface area contributed by atoms with Gasteiger partial charge in [0.05, 0.1) is 12.3 Å². The lowest BCUT2D eigenvalue weighted by Crippen LogP contribution is -2.37. The largest absolute Gasteiger partial charge is 0.459 e. The Hall–Kier alpha value is -3.43. The van der Waals surface area contributed by atoms with Crippen LogP contribution in [-0.4, -0.2) is 39.0 Å². The van der Waals surface area contributed by atoms with Crippen LogP contribution in [0.15, 0.2) is 43.8 Å². The van der Waals surface area contributed by atoms with Gasteiger partial charge in [0.2, 0.25) is 5.89 Å². The molecule has 4 heterocycles. The number of nitrogens with zero attached hydrogens (tertiary/aromatic N) is 4. The van der Waals surface area contributed by atoms with Gasteiger partial charge in [-0.1, -0.05) is 0 Å². The number of rotatable bonds is 4. The number of carbonyl (C=O) groups is 1. The number of piperidine rings is 1. The molecule has 1 saturated heterocycles. The van der Waals surface area contributed by atoms with Gasteiger partial charge >= 0.3 is 5.88 Å². The molecule has 134 valence electrons. The van der Waals surface area contributed by atoms with Crippen LogP contribution in [0.5, 0.6) is 0 Å². The molecular formula is C16H14N4O6. The molecule has 10 heteroatoms. The van der Waals surface area contributed by atoms with Gasteiger partial charge < -0.3 is 18.2 Å². The van der Waals surface area contributed by atoms with Crippen LogP contribution in [0.4, 0.5) is 5.88 Å². The van der Waals surface area contributed by atoms with Crippen molar-refractivity contribution in [2.75, 3.05) is 13.1 Å². The van der Waals surface area contributed by atoms with Crippen LogP contribution in [0, 0.1) is 10.1 Å². The van der Waals surface area contributed by atoms with Crippen molar-refractivity contribution in [3.8, 4) is 11.7 Å². The predicted octanol–water partition coefficient (Wildman–Crippen LogP) is 2.85. The van der Waals surface area contributed by atoms with Crippen LogP contribution < -0.4 is 0 Å². The second-order valence-corrected chi connectivity index (χ2v) is 5.88. The van der Waals surface area contributed by atoms with Crippen molar-refractivity contribution in [2.45, 2.75) is 18.8 Å². The molecule has 0 saturated carbocycles. The van der Waals surface area contributed by atoms with Crippen molar-refractivity contribution in [1.82, 2.24) is 15.1 Å². The Bertz CT molecular complexity index is 920. The van der Waals surface area contributed by atoms with Gasteiger partial charge in [-0.2, -0.15) is 0 Å². The summed E-state index contributed by atoms with van der Waals surface area (Å²) < 4.78 is 15.9. The summed E-state index contributed by atoms with van der Waals surface area (Å²) in [7, 11) is 0. The number of furan rings is 2. The molecule has 0 N–H and O–H groups in total. The van der Waals surface area contributed by atoms with Crippen LogP contribution in [0.2, 0.25) is 0 Å². The summed E-state index contributed by atoms with van der Waals surface area (Å²) in [5.74, 6) is 0.548. The topological polar surface area (TPSA) is 129 Å². The first-order chi connectivity index (χ1) is 12.6. The summed E-state index contributed by atoms with van der Waals surface area (Å²) in [4.78, 5) is 24.0. The smallest absolute Gasteiger partial charge is 0.433 e. The third kappa shape index (κ3) is 2.96. The zero-order valence-electron chi connectivity index (χ0n) is 13.5. The number of carbonyl (C=O) groups excluding carboxylic acids is 1. The molecule has 0 atom stereocenters. The molecule has 0 spiro atoms. The number of aromatic nitrogens is 2. The molecule has 0 bridgehead atoms. The Balaban J connectivity index is 1.39. The minimum Gasteiger partial charge on any atom is -0.459 e. The molecule has 0 radical (unpaired) electrons. The first kappa shape index (κ1) is 16.1. The molecule has 3 aromatic heterocycles. The monoisotopic (exact) mass is 358 g/mol. The fourth-order valence-corrected chi connectivity index (χ4v) is 2.93. The highest BCUT2D eigenvalue weighted by molar-refractivity contribution is 5.91. The van der Waals surface area contributed by atoms with E-state index in [1.54, 1.807) is 17.0 Å². The summed E-state index contributed by atoms with van der Waals surface area (Å²) in [5, 5.41) is 18.7. The summed E-state index contributed by atoms with van der Waals surface area (Å²) in [5.41, 5.74) is 0. The van der Waals surface area contributed by atoms with E-state index in [9.17, 15) is 14.9 Å². The Morgan fingerprint density at radius 3 is 2.65 bits per heavy atom. The third-order valence-corrected chi connectivity index (χ3v) is 4.29. The van der Waals surface area contributed by atoms with Crippen molar-refractivity contribution in [2.24, 2.45) is 0 Å². The Kier molecular flexibility index (Phi) is 3.99. The van der Waals surface area contributed by atoms with Gasteiger partial charge in [0, 0.05) is 19.0 Å². The van der Waals surface area contributed by atoms with Crippen molar-refractivity contribution in [3.05, 3.63) is 52.3 Å². The second-order valence-electron chi connectivity index (χ2n) is 5.88. The Labute approximate surface area is 146 Å². The Morgan fingerprint density at radius 2 is 2.00 bits per heavy atom. The molecule has 1 amide bonds. The fraction of sp³-hybridized carbons (Fsp3) is 0.312. The molecule has 1 aliphatic heterocycles. The predicted molar refractivity (Wildman–Crippen MR) is 85.2 cm³/mol. The molecule has 10 nitrogen and oxygen atoms in total. The average Bonchev–Trinajstić information content (AvgIpc) is 3.42. The number of hydrogen-bond donors (Lipinski definition) is 0. The van der Waals surface area contributed by atoms with Crippen LogP contribution in [-0.2, 0) is 0 Å². The Morgan fingerprint density at radius 1 is 1.19 bits per heavy atom. The molecule has 26 heavy (non-hydrogen) atoms. The minimum atomic E-state index is -0.671. The van der Waals surface area contributed by atoms with Gasteiger partial charge in [0.25, 0.3) is 11.8 Å². The van der Waals surface area contributed by atoms with Crippen molar-refractivity contribution < 1.29 is 23.0 Å². The first-order valence-corrected chi connectivity index (χ1v) is 8.02. The highest BCUT2D eigenvalue weighted by atomic mass is 16.6. The van der Waals surface area contributed by atoms with E-state index in [0.717, 1.165) is 0 Å². The number of nitro groups is 1. The van der Waals surface area contributed by atoms with Gasteiger partial charge in [-0.15, -0.1) is 10.2 Å². The maximum absolute atomic E-state index is 12.4. The van der Waals surface area contributed by atoms with Crippen LogP contribution in [0.25, 0.3) is 11.7 Å². The molecule has 1 aliphatic rings. The van der Waals surface area contributed by atoms with Gasteiger partial charge in [0.1, 0.15) is 4.92 Å². The number of amides is 1. The van der Waals surface area contributed by atoms with Crippen LogP contribution in [0.1, 0.15) is 35.2 Å². The standard InChI is InChI=1S/C16H14N4O6/c21-16(12-3-4-13(25-12)20(22)23)19-7-5-10(6-8-19)14-17-18-15(26-14)11-2-1-9-24-11/h1-4,9-10H,5-8H2. The van der Waals surface area contributed by atoms with E-state index >= 15 is 0 Å². The van der Waals surface area contributed by atoms with Gasteiger partial charge in [-0.3, -0.25) is 14.9 Å². The molecule has 0 aromatic carbocycles. The highest BCUT2D eigenvalue weighted by Gasteiger charge is 2.30. The molecule has 0 aliphatic carbocycles. The SMILES string of the molecule is O=C(c1ccc([N+](=O)[O-])o1)N1CCC(c2nnc(-c3ccco3)o2)CC1. The lowest BCUT2D eigenvalue weighted by molar-refractivity contribution is -0.402. The van der Waals surface area contributed by atoms with Crippen molar-refractivity contribution in [3.63, 3.8) is 0 Å². The van der Waals surface area contributed by atoms with Crippen LogP contribution in [0.3, 0.4) is 0 Å². The number of likely N-dealkylation sites (tertiary alicyclic amines) is 1. The second kappa shape index (κ2) is 6.47.